The van der Waals surface area contributed by atoms with Crippen molar-refractivity contribution in [2.24, 2.45) is 17.6 Å². The summed E-state index contributed by atoms with van der Waals surface area (Å²) in [7, 11) is 0. The zero-order valence-corrected chi connectivity index (χ0v) is 14.9. The number of fused-ring (bicyclic) bond motifs is 1. The first kappa shape index (κ1) is 16.8. The van der Waals surface area contributed by atoms with Crippen LogP contribution in [0.3, 0.4) is 0 Å². The molecular weight excluding hydrogens is 328 g/mol. The van der Waals surface area contributed by atoms with Crippen molar-refractivity contribution in [1.82, 2.24) is 19.7 Å². The number of pyridine rings is 1. The van der Waals surface area contributed by atoms with Crippen LogP contribution >= 0.6 is 0 Å². The lowest BCUT2D eigenvalue weighted by Crippen LogP contribution is -2.33. The Balaban J connectivity index is 1.51. The molecule has 1 fully saturated rings. The second-order valence-electron chi connectivity index (χ2n) is 7.19. The number of nitrogens with two attached hydrogens (primary N) is 1. The molecule has 0 aliphatic heterocycles. The Labute approximate surface area is 152 Å². The van der Waals surface area contributed by atoms with Crippen LogP contribution < -0.4 is 11.1 Å². The van der Waals surface area contributed by atoms with Crippen LogP contribution in [0.25, 0.3) is 16.9 Å². The van der Waals surface area contributed by atoms with Gasteiger partial charge in [-0.15, -0.1) is 0 Å². The van der Waals surface area contributed by atoms with Crippen molar-refractivity contribution in [3.05, 3.63) is 36.8 Å². The third-order valence-corrected chi connectivity index (χ3v) is 5.41. The van der Waals surface area contributed by atoms with E-state index < -0.39 is 0 Å². The predicted octanol–water partition coefficient (Wildman–Crippen LogP) is 2.84. The van der Waals surface area contributed by atoms with Crippen molar-refractivity contribution in [3.8, 4) is 5.82 Å². The number of anilines is 1. The number of hydrogen-bond donors (Lipinski definition) is 3. The summed E-state index contributed by atoms with van der Waals surface area (Å²) < 4.78 is 1.74. The van der Waals surface area contributed by atoms with Crippen LogP contribution in [0.2, 0.25) is 0 Å². The molecule has 136 valence electrons. The van der Waals surface area contributed by atoms with Gasteiger partial charge in [-0.05, 0) is 56.7 Å². The Bertz CT molecular complexity index is 890. The van der Waals surface area contributed by atoms with E-state index in [9.17, 15) is 4.79 Å². The summed E-state index contributed by atoms with van der Waals surface area (Å²) in [5.74, 6) is 1.49. The van der Waals surface area contributed by atoms with Crippen molar-refractivity contribution in [1.29, 1.82) is 0 Å². The quantitative estimate of drug-likeness (QED) is 0.672. The van der Waals surface area contributed by atoms with Crippen molar-refractivity contribution in [2.45, 2.75) is 38.6 Å². The summed E-state index contributed by atoms with van der Waals surface area (Å²) in [6.07, 6.45) is 9.13. The molecule has 1 unspecified atom stereocenters. The molecule has 7 nitrogen and oxygen atoms in total. The third kappa shape index (κ3) is 3.22. The van der Waals surface area contributed by atoms with Gasteiger partial charge in [0.1, 0.15) is 11.5 Å². The molecule has 4 rings (SSSR count). The first-order valence-electron chi connectivity index (χ1n) is 9.16. The number of nitrogens with one attached hydrogen (secondary N) is 2. The van der Waals surface area contributed by atoms with Crippen LogP contribution in [-0.4, -0.2) is 31.7 Å². The van der Waals surface area contributed by atoms with Crippen LogP contribution in [0, 0.1) is 11.8 Å². The molecule has 1 saturated carbocycles. The van der Waals surface area contributed by atoms with Crippen molar-refractivity contribution >= 4 is 22.6 Å². The average Bonchev–Trinajstić information content (AvgIpc) is 3.31. The monoisotopic (exact) mass is 352 g/mol. The minimum atomic E-state index is 0.0535. The molecule has 0 bridgehead atoms. The Kier molecular flexibility index (Phi) is 4.46. The Morgan fingerprint density at radius 3 is 2.85 bits per heavy atom. The van der Waals surface area contributed by atoms with Gasteiger partial charge in [-0.2, -0.15) is 5.10 Å². The van der Waals surface area contributed by atoms with Crippen LogP contribution in [-0.2, 0) is 4.79 Å². The first-order chi connectivity index (χ1) is 12.6. The first-order valence-corrected chi connectivity index (χ1v) is 9.16. The number of rotatable bonds is 4. The highest BCUT2D eigenvalue weighted by Gasteiger charge is 2.28. The van der Waals surface area contributed by atoms with E-state index in [1.54, 1.807) is 17.1 Å². The summed E-state index contributed by atoms with van der Waals surface area (Å²) >= 11 is 0. The molecular formula is C19H24N6O. The van der Waals surface area contributed by atoms with Gasteiger partial charge in [-0.1, -0.05) is 0 Å². The topological polar surface area (TPSA) is 102 Å². The minimum absolute atomic E-state index is 0.0535. The lowest BCUT2D eigenvalue weighted by Gasteiger charge is -2.30. The normalized spacial score (nSPS) is 21.6. The molecule has 3 heterocycles. The summed E-state index contributed by atoms with van der Waals surface area (Å²) in [6.45, 7) is 2.06. The van der Waals surface area contributed by atoms with E-state index in [1.165, 1.54) is 0 Å². The smallest absolute Gasteiger partial charge is 0.227 e. The van der Waals surface area contributed by atoms with Gasteiger partial charge in [0.25, 0.3) is 0 Å². The fourth-order valence-corrected chi connectivity index (χ4v) is 3.80. The summed E-state index contributed by atoms with van der Waals surface area (Å²) in [5, 5.41) is 8.21. The maximum atomic E-state index is 12.7. The number of carbonyl (C=O) groups is 1. The molecule has 0 aromatic carbocycles. The Hall–Kier alpha value is -2.67. The minimum Gasteiger partial charge on any atom is -0.328 e. The standard InChI is InChI=1S/C19H24N6O/c1-12(20)13-3-5-14(6-4-13)19(26)23-16-7-9-21-18-15(16)11-17(24-18)25-10-2-8-22-25/h2,7-14H,3-6,20H2,1H3,(H2,21,23,24,26). The maximum Gasteiger partial charge on any atom is 0.227 e. The van der Waals surface area contributed by atoms with Gasteiger partial charge in [0.15, 0.2) is 0 Å². The molecule has 0 spiro atoms. The average molecular weight is 352 g/mol. The van der Waals surface area contributed by atoms with Crippen LogP contribution in [0.1, 0.15) is 32.6 Å². The van der Waals surface area contributed by atoms with Gasteiger partial charge in [0, 0.05) is 35.9 Å². The number of nitrogens with zero attached hydrogens (tertiary/aromatic N) is 3. The molecule has 1 aliphatic rings. The summed E-state index contributed by atoms with van der Waals surface area (Å²) in [4.78, 5) is 20.3. The highest BCUT2D eigenvalue weighted by atomic mass is 16.1. The number of carbonyl (C=O) groups excluding carboxylic acids is 1. The van der Waals surface area contributed by atoms with E-state index in [2.05, 4.69) is 27.3 Å². The van der Waals surface area contributed by atoms with Gasteiger partial charge < -0.3 is 16.0 Å². The zero-order chi connectivity index (χ0) is 18.1. The SMILES string of the molecule is CC(N)C1CCC(C(=O)Nc2ccnc3[nH]c(-n4cccn4)cc23)CC1. The fraction of sp³-hybridized carbons (Fsp3) is 0.421. The number of H-pyrrole nitrogens is 1. The van der Waals surface area contributed by atoms with E-state index in [0.717, 1.165) is 48.2 Å². The molecule has 3 aromatic rings. The van der Waals surface area contributed by atoms with Gasteiger partial charge in [0.2, 0.25) is 5.91 Å². The number of aromatic amines is 1. The second-order valence-corrected chi connectivity index (χ2v) is 7.19. The molecule has 1 amide bonds. The second kappa shape index (κ2) is 6.92. The van der Waals surface area contributed by atoms with E-state index in [4.69, 9.17) is 5.73 Å². The molecule has 4 N–H and O–H groups in total. The number of amides is 1. The van der Waals surface area contributed by atoms with Gasteiger partial charge in [-0.3, -0.25) is 4.79 Å². The van der Waals surface area contributed by atoms with Crippen LogP contribution in [0.5, 0.6) is 0 Å². The van der Waals surface area contributed by atoms with Crippen LogP contribution in [0.4, 0.5) is 5.69 Å². The van der Waals surface area contributed by atoms with Crippen molar-refractivity contribution in [2.75, 3.05) is 5.32 Å². The maximum absolute atomic E-state index is 12.7. The summed E-state index contributed by atoms with van der Waals surface area (Å²) in [6, 6.07) is 5.87. The van der Waals surface area contributed by atoms with E-state index in [0.29, 0.717) is 5.92 Å². The fourth-order valence-electron chi connectivity index (χ4n) is 3.80. The molecule has 0 saturated heterocycles. The molecule has 7 heteroatoms. The highest BCUT2D eigenvalue weighted by molar-refractivity contribution is 6.01. The Morgan fingerprint density at radius 2 is 2.15 bits per heavy atom. The molecule has 1 aliphatic carbocycles. The zero-order valence-electron chi connectivity index (χ0n) is 14.9. The largest absolute Gasteiger partial charge is 0.328 e. The van der Waals surface area contributed by atoms with E-state index >= 15 is 0 Å². The number of hydrogen-bond acceptors (Lipinski definition) is 4. The van der Waals surface area contributed by atoms with E-state index in [1.807, 2.05) is 24.4 Å². The molecule has 3 aromatic heterocycles. The lowest BCUT2D eigenvalue weighted by molar-refractivity contribution is -0.121. The van der Waals surface area contributed by atoms with Gasteiger partial charge in [-0.25, -0.2) is 9.67 Å². The van der Waals surface area contributed by atoms with Crippen molar-refractivity contribution < 1.29 is 4.79 Å². The molecule has 0 radical (unpaired) electrons. The highest BCUT2D eigenvalue weighted by Crippen LogP contribution is 2.32. The Morgan fingerprint density at radius 1 is 1.35 bits per heavy atom. The molecule has 26 heavy (non-hydrogen) atoms. The number of aromatic nitrogens is 4. The predicted molar refractivity (Wildman–Crippen MR) is 101 cm³/mol. The van der Waals surface area contributed by atoms with Crippen LogP contribution in [0.15, 0.2) is 36.8 Å². The van der Waals surface area contributed by atoms with Gasteiger partial charge in [0.05, 0.1) is 5.69 Å². The summed E-state index contributed by atoms with van der Waals surface area (Å²) in [5.41, 5.74) is 7.51. The third-order valence-electron chi connectivity index (χ3n) is 5.41. The molecule has 1 atom stereocenters. The van der Waals surface area contributed by atoms with E-state index in [-0.39, 0.29) is 17.9 Å². The van der Waals surface area contributed by atoms with Gasteiger partial charge >= 0.3 is 0 Å². The van der Waals surface area contributed by atoms with Crippen molar-refractivity contribution in [3.63, 3.8) is 0 Å². The lowest BCUT2D eigenvalue weighted by atomic mass is 9.79.